The number of carbonyl (C=O) groups excluding carboxylic acids is 1. The molecule has 1 aliphatic carbocycles. The van der Waals surface area contributed by atoms with Gasteiger partial charge in [0, 0.05) is 17.2 Å². The van der Waals surface area contributed by atoms with Gasteiger partial charge in [0.1, 0.15) is 11.5 Å². The highest BCUT2D eigenvalue weighted by Crippen LogP contribution is 2.26. The van der Waals surface area contributed by atoms with E-state index in [0.29, 0.717) is 24.4 Å². The van der Waals surface area contributed by atoms with Crippen LogP contribution in [-0.2, 0) is 11.3 Å². The average molecular weight is 477 g/mol. The molecule has 1 saturated carbocycles. The van der Waals surface area contributed by atoms with Crippen molar-refractivity contribution in [2.24, 2.45) is 5.92 Å². The molecule has 1 aliphatic heterocycles. The van der Waals surface area contributed by atoms with Gasteiger partial charge in [-0.05, 0) is 100 Å². The molecule has 1 saturated heterocycles. The molecule has 0 spiro atoms. The minimum absolute atomic E-state index is 0.00166. The topological polar surface area (TPSA) is 89.7 Å². The van der Waals surface area contributed by atoms with Crippen molar-refractivity contribution in [1.82, 2.24) is 15.0 Å². The smallest absolute Gasteiger partial charge is 0.241 e. The SMILES string of the molecule is COc1ccc(-c2noc(CN3CCC(C(=O)Nc4ccc(OC5CCCC5)cc4)CC3)n2)cc1. The maximum Gasteiger partial charge on any atom is 0.241 e. The zero-order chi connectivity index (χ0) is 24.0. The van der Waals surface area contributed by atoms with Crippen LogP contribution in [0.1, 0.15) is 44.4 Å². The first kappa shape index (κ1) is 23.4. The lowest BCUT2D eigenvalue weighted by molar-refractivity contribution is -0.121. The molecule has 1 amide bonds. The molecule has 1 N–H and O–H groups in total. The summed E-state index contributed by atoms with van der Waals surface area (Å²) in [5.41, 5.74) is 1.70. The summed E-state index contributed by atoms with van der Waals surface area (Å²) in [6.07, 6.45) is 6.69. The van der Waals surface area contributed by atoms with E-state index in [0.717, 1.165) is 61.5 Å². The van der Waals surface area contributed by atoms with Crippen LogP contribution in [0.3, 0.4) is 0 Å². The third kappa shape index (κ3) is 6.00. The van der Waals surface area contributed by atoms with E-state index in [9.17, 15) is 4.79 Å². The number of nitrogens with zero attached hydrogens (tertiary/aromatic N) is 3. The fourth-order valence-electron chi connectivity index (χ4n) is 4.78. The molecule has 0 radical (unpaired) electrons. The van der Waals surface area contributed by atoms with Crippen LogP contribution in [0.5, 0.6) is 11.5 Å². The summed E-state index contributed by atoms with van der Waals surface area (Å²) in [7, 11) is 1.64. The van der Waals surface area contributed by atoms with E-state index < -0.39 is 0 Å². The molecule has 0 bridgehead atoms. The second kappa shape index (κ2) is 10.9. The van der Waals surface area contributed by atoms with Crippen molar-refractivity contribution in [2.75, 3.05) is 25.5 Å². The first-order chi connectivity index (χ1) is 17.2. The number of methoxy groups -OCH3 is 1. The molecule has 2 fully saturated rings. The van der Waals surface area contributed by atoms with Gasteiger partial charge in [0.05, 0.1) is 19.8 Å². The van der Waals surface area contributed by atoms with Crippen molar-refractivity contribution in [1.29, 1.82) is 0 Å². The Kier molecular flexibility index (Phi) is 7.28. The number of rotatable bonds is 8. The highest BCUT2D eigenvalue weighted by atomic mass is 16.5. The molecular formula is C27H32N4O4. The molecule has 5 rings (SSSR count). The quantitative estimate of drug-likeness (QED) is 0.494. The lowest BCUT2D eigenvalue weighted by atomic mass is 9.96. The van der Waals surface area contributed by atoms with Crippen molar-refractivity contribution in [3.05, 3.63) is 54.4 Å². The van der Waals surface area contributed by atoms with Gasteiger partial charge >= 0.3 is 0 Å². The van der Waals surface area contributed by atoms with Gasteiger partial charge in [0.2, 0.25) is 17.6 Å². The zero-order valence-corrected chi connectivity index (χ0v) is 20.1. The molecule has 3 aromatic rings. The standard InChI is InChI=1S/C27H32N4O4/c1-33-22-10-6-19(7-11-22)26-29-25(35-30-26)18-31-16-14-20(15-17-31)27(32)28-21-8-12-24(13-9-21)34-23-4-2-3-5-23/h6-13,20,23H,2-5,14-18H2,1H3,(H,28,32). The number of nitrogens with one attached hydrogen (secondary N) is 1. The minimum Gasteiger partial charge on any atom is -0.497 e. The molecule has 8 nitrogen and oxygen atoms in total. The van der Waals surface area contributed by atoms with Crippen molar-refractivity contribution >= 4 is 11.6 Å². The van der Waals surface area contributed by atoms with Gasteiger partial charge in [-0.2, -0.15) is 4.98 Å². The van der Waals surface area contributed by atoms with E-state index in [2.05, 4.69) is 20.4 Å². The van der Waals surface area contributed by atoms with E-state index in [1.807, 2.05) is 48.5 Å². The van der Waals surface area contributed by atoms with E-state index in [1.165, 1.54) is 12.8 Å². The number of likely N-dealkylation sites (tertiary alicyclic amines) is 1. The van der Waals surface area contributed by atoms with Crippen LogP contribution in [0.15, 0.2) is 53.1 Å². The number of piperidine rings is 1. The zero-order valence-electron chi connectivity index (χ0n) is 20.1. The van der Waals surface area contributed by atoms with Crippen molar-refractivity contribution in [2.45, 2.75) is 51.2 Å². The Morgan fingerprint density at radius 3 is 2.37 bits per heavy atom. The molecule has 2 heterocycles. The largest absolute Gasteiger partial charge is 0.497 e. The van der Waals surface area contributed by atoms with Crippen molar-refractivity contribution < 1.29 is 18.8 Å². The number of benzene rings is 2. The maximum absolute atomic E-state index is 12.8. The van der Waals surface area contributed by atoms with Crippen LogP contribution >= 0.6 is 0 Å². The summed E-state index contributed by atoms with van der Waals surface area (Å²) in [6, 6.07) is 15.3. The van der Waals surface area contributed by atoms with Gasteiger partial charge in [-0.1, -0.05) is 5.16 Å². The highest BCUT2D eigenvalue weighted by Gasteiger charge is 2.26. The average Bonchev–Trinajstić information content (AvgIpc) is 3.58. The van der Waals surface area contributed by atoms with Gasteiger partial charge in [-0.3, -0.25) is 9.69 Å². The molecule has 1 aromatic heterocycles. The van der Waals surface area contributed by atoms with Gasteiger partial charge in [0.15, 0.2) is 0 Å². The van der Waals surface area contributed by atoms with Crippen LogP contribution in [0.4, 0.5) is 5.69 Å². The summed E-state index contributed by atoms with van der Waals surface area (Å²) in [6.45, 7) is 2.21. The van der Waals surface area contributed by atoms with Gasteiger partial charge in [-0.15, -0.1) is 0 Å². The Hall–Kier alpha value is -3.39. The first-order valence-corrected chi connectivity index (χ1v) is 12.4. The fourth-order valence-corrected chi connectivity index (χ4v) is 4.78. The van der Waals surface area contributed by atoms with E-state index in [4.69, 9.17) is 14.0 Å². The lowest BCUT2D eigenvalue weighted by Gasteiger charge is -2.30. The van der Waals surface area contributed by atoms with Gasteiger partial charge in [0.25, 0.3) is 0 Å². The van der Waals surface area contributed by atoms with Crippen molar-refractivity contribution in [3.8, 4) is 22.9 Å². The normalized spacial score (nSPS) is 17.4. The van der Waals surface area contributed by atoms with Crippen LogP contribution in [0, 0.1) is 5.92 Å². The predicted octanol–water partition coefficient (Wildman–Crippen LogP) is 4.92. The Morgan fingerprint density at radius 1 is 1.00 bits per heavy atom. The fraction of sp³-hybridized carbons (Fsp3) is 0.444. The Labute approximate surface area is 205 Å². The number of hydrogen-bond acceptors (Lipinski definition) is 7. The second-order valence-electron chi connectivity index (χ2n) is 9.33. The second-order valence-corrected chi connectivity index (χ2v) is 9.33. The number of aromatic nitrogens is 2. The van der Waals surface area contributed by atoms with Crippen LogP contribution in [0.25, 0.3) is 11.4 Å². The third-order valence-electron chi connectivity index (χ3n) is 6.86. The van der Waals surface area contributed by atoms with Crippen molar-refractivity contribution in [3.63, 3.8) is 0 Å². The summed E-state index contributed by atoms with van der Waals surface area (Å²) >= 11 is 0. The van der Waals surface area contributed by atoms with Gasteiger partial charge in [-0.25, -0.2) is 0 Å². The van der Waals surface area contributed by atoms with E-state index >= 15 is 0 Å². The third-order valence-corrected chi connectivity index (χ3v) is 6.86. The first-order valence-electron chi connectivity index (χ1n) is 12.4. The molecule has 184 valence electrons. The Balaban J connectivity index is 1.07. The Bertz CT molecular complexity index is 1100. The van der Waals surface area contributed by atoms with Gasteiger partial charge < -0.3 is 19.3 Å². The van der Waals surface area contributed by atoms with Crippen LogP contribution in [-0.4, -0.2) is 47.3 Å². The highest BCUT2D eigenvalue weighted by molar-refractivity contribution is 5.92. The molecule has 2 aromatic carbocycles. The van der Waals surface area contributed by atoms with Crippen LogP contribution < -0.4 is 14.8 Å². The molecule has 0 unspecified atom stereocenters. The maximum atomic E-state index is 12.8. The minimum atomic E-state index is -0.00166. The molecule has 0 atom stereocenters. The molecule has 35 heavy (non-hydrogen) atoms. The summed E-state index contributed by atoms with van der Waals surface area (Å²) in [5, 5.41) is 7.17. The molecular weight excluding hydrogens is 444 g/mol. The molecule has 2 aliphatic rings. The molecule has 8 heteroatoms. The number of hydrogen-bond donors (Lipinski definition) is 1. The summed E-state index contributed by atoms with van der Waals surface area (Å²) < 4.78 is 16.7. The number of amides is 1. The Morgan fingerprint density at radius 2 is 1.69 bits per heavy atom. The number of anilines is 1. The number of carbonyl (C=O) groups is 1. The van der Waals surface area contributed by atoms with E-state index in [1.54, 1.807) is 7.11 Å². The number of ether oxygens (including phenoxy) is 2. The van der Waals surface area contributed by atoms with Crippen LogP contribution in [0.2, 0.25) is 0 Å². The lowest BCUT2D eigenvalue weighted by Crippen LogP contribution is -2.37. The summed E-state index contributed by atoms with van der Waals surface area (Å²) in [5.74, 6) is 2.89. The monoisotopic (exact) mass is 476 g/mol. The van der Waals surface area contributed by atoms with E-state index in [-0.39, 0.29) is 11.8 Å². The predicted molar refractivity (Wildman–Crippen MR) is 132 cm³/mol. The summed E-state index contributed by atoms with van der Waals surface area (Å²) in [4.78, 5) is 19.6.